The van der Waals surface area contributed by atoms with Crippen LogP contribution in [0.25, 0.3) is 11.0 Å². The topological polar surface area (TPSA) is 55.1 Å². The lowest BCUT2D eigenvalue weighted by Crippen LogP contribution is -2.03. The van der Waals surface area contributed by atoms with E-state index in [2.05, 4.69) is 4.98 Å². The number of fused-ring (bicyclic) bond motifs is 1. The van der Waals surface area contributed by atoms with E-state index in [1.165, 1.54) is 12.8 Å². The van der Waals surface area contributed by atoms with Gasteiger partial charge in [0.1, 0.15) is 0 Å². The highest BCUT2D eigenvalue weighted by molar-refractivity contribution is 6.01. The van der Waals surface area contributed by atoms with Gasteiger partial charge < -0.3 is 9.67 Å². The minimum absolute atomic E-state index is 0.343. The van der Waals surface area contributed by atoms with Gasteiger partial charge in [0.2, 0.25) is 0 Å². The first-order valence-corrected chi connectivity index (χ1v) is 5.93. The summed E-state index contributed by atoms with van der Waals surface area (Å²) in [5.74, 6) is -0.0480. The third-order valence-corrected chi connectivity index (χ3v) is 3.34. The highest BCUT2D eigenvalue weighted by Crippen LogP contribution is 2.33. The molecular weight excluding hydrogens is 216 g/mol. The molecule has 1 aliphatic carbocycles. The predicted octanol–water partition coefficient (Wildman–Crippen LogP) is 2.53. The summed E-state index contributed by atoms with van der Waals surface area (Å²) in [6, 6.07) is 5.24. The van der Waals surface area contributed by atoms with E-state index >= 15 is 0 Å². The number of benzene rings is 1. The fourth-order valence-corrected chi connectivity index (χ4v) is 2.20. The van der Waals surface area contributed by atoms with Gasteiger partial charge in [0.05, 0.1) is 22.9 Å². The Kier molecular flexibility index (Phi) is 2.35. The van der Waals surface area contributed by atoms with Crippen molar-refractivity contribution in [2.45, 2.75) is 25.8 Å². The molecule has 0 unspecified atom stereocenters. The van der Waals surface area contributed by atoms with Crippen LogP contribution >= 0.6 is 0 Å². The van der Waals surface area contributed by atoms with Crippen molar-refractivity contribution in [2.75, 3.05) is 0 Å². The SMILES string of the molecule is O=C(O)c1cccc2ncn(CCC3CC3)c12. The van der Waals surface area contributed by atoms with Gasteiger partial charge in [0.25, 0.3) is 0 Å². The summed E-state index contributed by atoms with van der Waals surface area (Å²) < 4.78 is 1.97. The fourth-order valence-electron chi connectivity index (χ4n) is 2.20. The standard InChI is InChI=1S/C13H14N2O2/c16-13(17)10-2-1-3-11-12(10)15(8-14-11)7-6-9-4-5-9/h1-3,8-9H,4-7H2,(H,16,17). The van der Waals surface area contributed by atoms with E-state index < -0.39 is 5.97 Å². The number of nitrogens with zero attached hydrogens (tertiary/aromatic N) is 2. The normalized spacial score (nSPS) is 15.3. The molecule has 88 valence electrons. The van der Waals surface area contributed by atoms with Gasteiger partial charge >= 0.3 is 5.97 Å². The molecule has 2 aromatic rings. The lowest BCUT2D eigenvalue weighted by molar-refractivity contribution is 0.0698. The van der Waals surface area contributed by atoms with Crippen molar-refractivity contribution < 1.29 is 9.90 Å². The van der Waals surface area contributed by atoms with Crippen LogP contribution in [0.2, 0.25) is 0 Å². The largest absolute Gasteiger partial charge is 0.478 e. The van der Waals surface area contributed by atoms with E-state index in [0.717, 1.165) is 29.9 Å². The molecular formula is C13H14N2O2. The van der Waals surface area contributed by atoms with Crippen LogP contribution in [0.15, 0.2) is 24.5 Å². The molecule has 0 spiro atoms. The number of rotatable bonds is 4. The monoisotopic (exact) mass is 230 g/mol. The van der Waals surface area contributed by atoms with Gasteiger partial charge in [-0.3, -0.25) is 0 Å². The molecule has 4 nitrogen and oxygen atoms in total. The van der Waals surface area contributed by atoms with Gasteiger partial charge in [-0.2, -0.15) is 0 Å². The number of carbonyl (C=O) groups is 1. The van der Waals surface area contributed by atoms with Gasteiger partial charge in [0.15, 0.2) is 0 Å². The van der Waals surface area contributed by atoms with Gasteiger partial charge in [0, 0.05) is 6.54 Å². The number of carboxylic acid groups (broad SMARTS) is 1. The molecule has 0 bridgehead atoms. The molecule has 3 rings (SSSR count). The van der Waals surface area contributed by atoms with Crippen LogP contribution in [0.4, 0.5) is 0 Å². The fraction of sp³-hybridized carbons (Fsp3) is 0.385. The molecule has 1 saturated carbocycles. The summed E-state index contributed by atoms with van der Waals surface area (Å²) in [7, 11) is 0. The number of aromatic nitrogens is 2. The lowest BCUT2D eigenvalue weighted by atomic mass is 10.2. The maximum absolute atomic E-state index is 11.2. The lowest BCUT2D eigenvalue weighted by Gasteiger charge is -2.05. The van der Waals surface area contributed by atoms with Gasteiger partial charge in [-0.1, -0.05) is 18.9 Å². The van der Waals surface area contributed by atoms with Gasteiger partial charge in [-0.25, -0.2) is 9.78 Å². The number of aromatic carboxylic acids is 1. The van der Waals surface area contributed by atoms with Crippen molar-refractivity contribution in [3.8, 4) is 0 Å². The molecule has 4 heteroatoms. The van der Waals surface area contributed by atoms with Crippen molar-refractivity contribution >= 4 is 17.0 Å². The van der Waals surface area contributed by atoms with E-state index in [0.29, 0.717) is 5.56 Å². The Hall–Kier alpha value is -1.84. The number of para-hydroxylation sites is 1. The summed E-state index contributed by atoms with van der Waals surface area (Å²) in [6.45, 7) is 0.867. The summed E-state index contributed by atoms with van der Waals surface area (Å²) in [5.41, 5.74) is 1.86. The molecule has 17 heavy (non-hydrogen) atoms. The minimum Gasteiger partial charge on any atom is -0.478 e. The van der Waals surface area contributed by atoms with Crippen LogP contribution in [-0.2, 0) is 6.54 Å². The van der Waals surface area contributed by atoms with E-state index in [9.17, 15) is 9.90 Å². The molecule has 1 heterocycles. The van der Waals surface area contributed by atoms with Crippen LogP contribution in [0.5, 0.6) is 0 Å². The first-order valence-electron chi connectivity index (χ1n) is 5.93. The van der Waals surface area contributed by atoms with Crippen LogP contribution in [-0.4, -0.2) is 20.6 Å². The number of carboxylic acids is 1. The van der Waals surface area contributed by atoms with Crippen LogP contribution in [0.3, 0.4) is 0 Å². The van der Waals surface area contributed by atoms with E-state index in [-0.39, 0.29) is 0 Å². The Morgan fingerprint density at radius 1 is 1.47 bits per heavy atom. The summed E-state index contributed by atoms with van der Waals surface area (Å²) in [5, 5.41) is 9.17. The summed E-state index contributed by atoms with van der Waals surface area (Å²) in [4.78, 5) is 15.4. The predicted molar refractivity (Wildman–Crippen MR) is 64.0 cm³/mol. The molecule has 0 aliphatic heterocycles. The Morgan fingerprint density at radius 3 is 3.00 bits per heavy atom. The highest BCUT2D eigenvalue weighted by atomic mass is 16.4. The Labute approximate surface area is 98.9 Å². The molecule has 1 aliphatic rings. The van der Waals surface area contributed by atoms with Crippen LogP contribution in [0, 0.1) is 5.92 Å². The van der Waals surface area contributed by atoms with E-state index in [1.54, 1.807) is 18.5 Å². The smallest absolute Gasteiger partial charge is 0.337 e. The van der Waals surface area contributed by atoms with Crippen molar-refractivity contribution in [1.82, 2.24) is 9.55 Å². The zero-order valence-electron chi connectivity index (χ0n) is 9.47. The second-order valence-corrected chi connectivity index (χ2v) is 4.65. The molecule has 1 aromatic heterocycles. The highest BCUT2D eigenvalue weighted by Gasteiger charge is 2.21. The zero-order valence-corrected chi connectivity index (χ0v) is 9.47. The van der Waals surface area contributed by atoms with Crippen LogP contribution in [0.1, 0.15) is 29.6 Å². The number of aryl methyl sites for hydroxylation is 1. The van der Waals surface area contributed by atoms with E-state index in [4.69, 9.17) is 0 Å². The average molecular weight is 230 g/mol. The first kappa shape index (κ1) is 10.3. The van der Waals surface area contributed by atoms with Crippen molar-refractivity contribution in [1.29, 1.82) is 0 Å². The second-order valence-electron chi connectivity index (χ2n) is 4.65. The maximum atomic E-state index is 11.2. The van der Waals surface area contributed by atoms with Crippen molar-refractivity contribution in [2.24, 2.45) is 5.92 Å². The number of hydrogen-bond donors (Lipinski definition) is 1. The number of imidazole rings is 1. The van der Waals surface area contributed by atoms with Crippen molar-refractivity contribution in [3.05, 3.63) is 30.1 Å². The molecule has 1 aromatic carbocycles. The van der Waals surface area contributed by atoms with Gasteiger partial charge in [-0.05, 0) is 24.5 Å². The Morgan fingerprint density at radius 2 is 2.29 bits per heavy atom. The average Bonchev–Trinajstić information content (AvgIpc) is 3.06. The molecule has 0 saturated heterocycles. The molecule has 1 N–H and O–H groups in total. The summed E-state index contributed by atoms with van der Waals surface area (Å²) >= 11 is 0. The quantitative estimate of drug-likeness (QED) is 0.878. The Bertz CT molecular complexity index is 570. The van der Waals surface area contributed by atoms with Crippen LogP contribution < -0.4 is 0 Å². The molecule has 0 amide bonds. The Balaban J connectivity index is 2.01. The molecule has 0 atom stereocenters. The van der Waals surface area contributed by atoms with Gasteiger partial charge in [-0.15, -0.1) is 0 Å². The molecule has 0 radical (unpaired) electrons. The maximum Gasteiger partial charge on any atom is 0.337 e. The minimum atomic E-state index is -0.885. The second kappa shape index (κ2) is 3.87. The number of hydrogen-bond acceptors (Lipinski definition) is 2. The third-order valence-electron chi connectivity index (χ3n) is 3.34. The van der Waals surface area contributed by atoms with Crippen molar-refractivity contribution in [3.63, 3.8) is 0 Å². The summed E-state index contributed by atoms with van der Waals surface area (Å²) in [6.07, 6.45) is 5.51. The first-order chi connectivity index (χ1) is 8.25. The van der Waals surface area contributed by atoms with E-state index in [1.807, 2.05) is 10.6 Å². The molecule has 1 fully saturated rings. The third kappa shape index (κ3) is 1.90. The zero-order chi connectivity index (χ0) is 11.8.